The number of carbonyl (C=O) groups excluding carboxylic acids is 1. The Kier molecular flexibility index (Phi) is 4.98. The number of hydrogen-bond donors (Lipinski definition) is 0. The average Bonchev–Trinajstić information content (AvgIpc) is 3.60. The topological polar surface area (TPSA) is 26.9 Å². The number of rotatable bonds is 4. The fourth-order valence-electron chi connectivity index (χ4n) is 6.01. The van der Waals surface area contributed by atoms with E-state index in [9.17, 15) is 4.79 Å². The van der Waals surface area contributed by atoms with Crippen LogP contribution in [0.2, 0.25) is 0 Å². The molecule has 0 aliphatic heterocycles. The summed E-state index contributed by atoms with van der Waals surface area (Å²) in [6.07, 6.45) is 2.14. The molecule has 2 aromatic heterocycles. The lowest BCUT2D eigenvalue weighted by Gasteiger charge is -2.11. The first-order valence-corrected chi connectivity index (χ1v) is 13.5. The second-order valence-electron chi connectivity index (χ2n) is 10.2. The lowest BCUT2D eigenvalue weighted by atomic mass is 9.98. The third-order valence-corrected chi connectivity index (χ3v) is 7.90. The Balaban J connectivity index is 1.41. The summed E-state index contributed by atoms with van der Waals surface area (Å²) in [5.74, 6) is 0.0296. The summed E-state index contributed by atoms with van der Waals surface area (Å²) in [5.41, 5.74) is 6.93. The largest absolute Gasteiger partial charge is 0.315 e. The van der Waals surface area contributed by atoms with Crippen LogP contribution in [-0.2, 0) is 0 Å². The van der Waals surface area contributed by atoms with Gasteiger partial charge in [-0.15, -0.1) is 0 Å². The van der Waals surface area contributed by atoms with Crippen molar-refractivity contribution in [1.29, 1.82) is 0 Å². The minimum atomic E-state index is 0.0296. The molecule has 0 saturated heterocycles. The van der Waals surface area contributed by atoms with Crippen molar-refractivity contribution < 1.29 is 4.79 Å². The van der Waals surface area contributed by atoms with Crippen LogP contribution in [0.5, 0.6) is 0 Å². The predicted octanol–water partition coefficient (Wildman–Crippen LogP) is 9.11. The Bertz CT molecular complexity index is 2220. The molecule has 0 unspecified atom stereocenters. The minimum absolute atomic E-state index is 0.0296. The average molecular weight is 513 g/mol. The maximum Gasteiger partial charge on any atom is 0.193 e. The van der Waals surface area contributed by atoms with E-state index in [1.54, 1.807) is 0 Å². The van der Waals surface area contributed by atoms with Gasteiger partial charge in [-0.3, -0.25) is 4.79 Å². The van der Waals surface area contributed by atoms with Crippen LogP contribution in [0.3, 0.4) is 0 Å². The summed E-state index contributed by atoms with van der Waals surface area (Å²) in [6, 6.07) is 47.7. The number of para-hydroxylation sites is 2. The molecule has 3 heteroatoms. The van der Waals surface area contributed by atoms with Crippen LogP contribution < -0.4 is 0 Å². The van der Waals surface area contributed by atoms with Gasteiger partial charge in [-0.05, 0) is 65.4 Å². The van der Waals surface area contributed by atoms with Crippen LogP contribution >= 0.6 is 0 Å². The van der Waals surface area contributed by atoms with E-state index in [0.29, 0.717) is 11.1 Å². The van der Waals surface area contributed by atoms with Crippen LogP contribution in [-0.4, -0.2) is 14.9 Å². The maximum atomic E-state index is 13.7. The molecule has 8 rings (SSSR count). The van der Waals surface area contributed by atoms with Crippen molar-refractivity contribution in [3.63, 3.8) is 0 Å². The van der Waals surface area contributed by atoms with Crippen LogP contribution in [0.1, 0.15) is 15.9 Å². The van der Waals surface area contributed by atoms with Gasteiger partial charge in [0.25, 0.3) is 0 Å². The molecular weight excluding hydrogens is 488 g/mol. The second-order valence-corrected chi connectivity index (χ2v) is 10.2. The zero-order chi connectivity index (χ0) is 26.6. The van der Waals surface area contributed by atoms with E-state index < -0.39 is 0 Å². The quantitative estimate of drug-likeness (QED) is 0.216. The summed E-state index contributed by atoms with van der Waals surface area (Å²) in [7, 11) is 0. The van der Waals surface area contributed by atoms with Gasteiger partial charge in [0, 0.05) is 44.9 Å². The molecule has 6 aromatic carbocycles. The fourth-order valence-corrected chi connectivity index (χ4v) is 6.01. The molecule has 0 aliphatic carbocycles. The van der Waals surface area contributed by atoms with Crippen LogP contribution in [0.4, 0.5) is 0 Å². The molecule has 0 aliphatic rings. The predicted molar refractivity (Wildman–Crippen MR) is 165 cm³/mol. The number of aromatic nitrogens is 2. The summed E-state index contributed by atoms with van der Waals surface area (Å²) in [4.78, 5) is 13.7. The van der Waals surface area contributed by atoms with Gasteiger partial charge in [0.2, 0.25) is 0 Å². The van der Waals surface area contributed by atoms with E-state index >= 15 is 0 Å². The lowest BCUT2D eigenvalue weighted by molar-refractivity contribution is 0.103. The zero-order valence-corrected chi connectivity index (χ0v) is 21.7. The number of hydrogen-bond acceptors (Lipinski definition) is 1. The first-order chi connectivity index (χ1) is 19.8. The molecule has 0 saturated carbocycles. The molecule has 0 N–H and O–H groups in total. The Labute approximate surface area is 231 Å². The summed E-state index contributed by atoms with van der Waals surface area (Å²) in [5, 5.41) is 5.55. The van der Waals surface area contributed by atoms with Gasteiger partial charge < -0.3 is 9.13 Å². The minimum Gasteiger partial charge on any atom is -0.315 e. The molecule has 8 aromatic rings. The molecule has 0 spiro atoms. The Morgan fingerprint density at radius 1 is 0.475 bits per heavy atom. The molecule has 0 amide bonds. The van der Waals surface area contributed by atoms with Gasteiger partial charge >= 0.3 is 0 Å². The van der Waals surface area contributed by atoms with Crippen LogP contribution in [0, 0.1) is 0 Å². The number of nitrogens with zero attached hydrogens (tertiary/aromatic N) is 2. The van der Waals surface area contributed by atoms with E-state index in [-0.39, 0.29) is 5.78 Å². The third kappa shape index (κ3) is 3.41. The van der Waals surface area contributed by atoms with Crippen molar-refractivity contribution in [2.75, 3.05) is 0 Å². The lowest BCUT2D eigenvalue weighted by Crippen LogP contribution is -2.01. The van der Waals surface area contributed by atoms with Gasteiger partial charge in [-0.2, -0.15) is 0 Å². The van der Waals surface area contributed by atoms with E-state index in [1.165, 1.54) is 5.39 Å². The highest BCUT2D eigenvalue weighted by Gasteiger charge is 2.20. The number of fused-ring (bicyclic) bond motifs is 6. The summed E-state index contributed by atoms with van der Waals surface area (Å²) < 4.78 is 4.59. The molecule has 2 heterocycles. The summed E-state index contributed by atoms with van der Waals surface area (Å²) in [6.45, 7) is 0. The van der Waals surface area contributed by atoms with E-state index in [2.05, 4.69) is 106 Å². The molecule has 3 nitrogen and oxygen atoms in total. The maximum absolute atomic E-state index is 13.7. The first kappa shape index (κ1) is 22.6. The zero-order valence-electron chi connectivity index (χ0n) is 21.7. The molecular formula is C37H24N2O. The number of ketones is 1. The Morgan fingerprint density at radius 3 is 1.93 bits per heavy atom. The fraction of sp³-hybridized carbons (Fsp3) is 0. The van der Waals surface area contributed by atoms with Crippen molar-refractivity contribution in [2.24, 2.45) is 0 Å². The molecule has 0 fully saturated rings. The Hall–Kier alpha value is -5.41. The van der Waals surface area contributed by atoms with Gasteiger partial charge in [0.15, 0.2) is 5.78 Å². The monoisotopic (exact) mass is 512 g/mol. The standard InChI is InChI=1S/C37H24N2O/c40-37(28-16-15-25-9-7-8-10-27(25)23-28)29-18-20-34-33(24-29)32-19-17-26-21-22-38(30-11-3-1-4-12-30)35(26)36(32)39(34)31-13-5-2-6-14-31/h1-24H. The molecule has 188 valence electrons. The molecule has 40 heavy (non-hydrogen) atoms. The van der Waals surface area contributed by atoms with Crippen molar-refractivity contribution in [3.05, 3.63) is 157 Å². The van der Waals surface area contributed by atoms with Gasteiger partial charge in [0.05, 0.1) is 16.6 Å². The van der Waals surface area contributed by atoms with Crippen LogP contribution in [0.25, 0.3) is 54.9 Å². The Morgan fingerprint density at radius 2 is 1.12 bits per heavy atom. The van der Waals surface area contributed by atoms with Crippen molar-refractivity contribution in [2.45, 2.75) is 0 Å². The molecule has 0 bridgehead atoms. The van der Waals surface area contributed by atoms with E-state index in [1.807, 2.05) is 48.5 Å². The smallest absolute Gasteiger partial charge is 0.193 e. The highest BCUT2D eigenvalue weighted by molar-refractivity contribution is 6.20. The van der Waals surface area contributed by atoms with Gasteiger partial charge in [-0.25, -0.2) is 0 Å². The van der Waals surface area contributed by atoms with Crippen molar-refractivity contribution >= 4 is 49.3 Å². The number of benzene rings is 6. The van der Waals surface area contributed by atoms with Crippen molar-refractivity contribution in [3.8, 4) is 11.4 Å². The molecule has 0 radical (unpaired) electrons. The highest BCUT2D eigenvalue weighted by atomic mass is 16.1. The third-order valence-electron chi connectivity index (χ3n) is 7.90. The van der Waals surface area contributed by atoms with E-state index in [4.69, 9.17) is 0 Å². The highest BCUT2D eigenvalue weighted by Crippen LogP contribution is 2.38. The first-order valence-electron chi connectivity index (χ1n) is 13.5. The van der Waals surface area contributed by atoms with Gasteiger partial charge in [0.1, 0.15) is 0 Å². The normalized spacial score (nSPS) is 11.6. The van der Waals surface area contributed by atoms with Crippen LogP contribution in [0.15, 0.2) is 146 Å². The summed E-state index contributed by atoms with van der Waals surface area (Å²) >= 11 is 0. The second kappa shape index (κ2) is 8.82. The molecule has 0 atom stereocenters. The number of carbonyl (C=O) groups is 1. The van der Waals surface area contributed by atoms with Gasteiger partial charge in [-0.1, -0.05) is 84.9 Å². The SMILES string of the molecule is O=C(c1ccc2ccccc2c1)c1ccc2c(c1)c1ccc3ccn(-c4ccccc4)c3c1n2-c1ccccc1. The van der Waals surface area contributed by atoms with E-state index in [0.717, 1.165) is 49.5 Å². The van der Waals surface area contributed by atoms with Crippen molar-refractivity contribution in [1.82, 2.24) is 9.13 Å².